The minimum Gasteiger partial charge on any atom is -0.399 e. The van der Waals surface area contributed by atoms with Gasteiger partial charge in [-0.3, -0.25) is 9.69 Å². The van der Waals surface area contributed by atoms with Crippen LogP contribution in [0.4, 0.5) is 11.4 Å². The lowest BCUT2D eigenvalue weighted by Gasteiger charge is -2.36. The van der Waals surface area contributed by atoms with Gasteiger partial charge in [0.1, 0.15) is 0 Å². The Hall–Kier alpha value is -0.720. The van der Waals surface area contributed by atoms with Crippen LogP contribution in [0.1, 0.15) is 13.8 Å². The van der Waals surface area contributed by atoms with Crippen molar-refractivity contribution in [3.63, 3.8) is 0 Å². The summed E-state index contributed by atoms with van der Waals surface area (Å²) in [5.74, 6) is 1.10. The second-order valence-electron chi connectivity index (χ2n) is 5.07. The van der Waals surface area contributed by atoms with Crippen molar-refractivity contribution in [2.45, 2.75) is 25.1 Å². The van der Waals surface area contributed by atoms with Crippen LogP contribution in [0.3, 0.4) is 0 Å². The van der Waals surface area contributed by atoms with Crippen LogP contribution in [-0.2, 0) is 4.79 Å². The number of halogens is 1. The Kier molecular flexibility index (Phi) is 5.35. The highest BCUT2D eigenvalue weighted by Gasteiger charge is 2.26. The number of nitrogen functional groups attached to an aromatic ring is 1. The molecular formula is C14H20BrN3OS. The molecule has 1 saturated heterocycles. The standard InChI is InChI=1S/C14H20BrN3OS/c1-9-10(2)20-6-5-18(9)8-14(19)17-13-4-3-11(16)7-12(13)15/h3-4,7,9-10H,5-6,8,16H2,1-2H3,(H,17,19). The van der Waals surface area contributed by atoms with E-state index in [1.165, 1.54) is 0 Å². The Morgan fingerprint density at radius 2 is 2.30 bits per heavy atom. The van der Waals surface area contributed by atoms with Crippen molar-refractivity contribution >= 4 is 45.0 Å². The number of nitrogens with zero attached hydrogens (tertiary/aromatic N) is 1. The maximum atomic E-state index is 12.2. The van der Waals surface area contributed by atoms with Crippen LogP contribution >= 0.6 is 27.7 Å². The van der Waals surface area contributed by atoms with E-state index in [2.05, 4.69) is 40.0 Å². The first-order chi connectivity index (χ1) is 9.47. The molecule has 1 aliphatic heterocycles. The van der Waals surface area contributed by atoms with Gasteiger partial charge in [-0.15, -0.1) is 0 Å². The summed E-state index contributed by atoms with van der Waals surface area (Å²) in [4.78, 5) is 14.4. The third-order valence-electron chi connectivity index (χ3n) is 3.63. The van der Waals surface area contributed by atoms with Crippen molar-refractivity contribution in [2.75, 3.05) is 29.9 Å². The van der Waals surface area contributed by atoms with Crippen molar-refractivity contribution in [3.05, 3.63) is 22.7 Å². The Bertz CT molecular complexity index is 497. The Morgan fingerprint density at radius 3 is 3.00 bits per heavy atom. The number of amides is 1. The maximum Gasteiger partial charge on any atom is 0.238 e. The van der Waals surface area contributed by atoms with Gasteiger partial charge in [0.05, 0.1) is 12.2 Å². The summed E-state index contributed by atoms with van der Waals surface area (Å²) in [6.45, 7) is 5.80. The Labute approximate surface area is 132 Å². The van der Waals surface area contributed by atoms with E-state index in [4.69, 9.17) is 5.73 Å². The molecule has 6 heteroatoms. The summed E-state index contributed by atoms with van der Waals surface area (Å²) in [6, 6.07) is 5.81. The Balaban J connectivity index is 1.95. The van der Waals surface area contributed by atoms with Crippen LogP contribution < -0.4 is 11.1 Å². The molecule has 1 aliphatic rings. The molecule has 2 rings (SSSR count). The minimum absolute atomic E-state index is 0.0152. The molecule has 0 saturated carbocycles. The number of hydrogen-bond acceptors (Lipinski definition) is 4. The molecule has 4 nitrogen and oxygen atoms in total. The average Bonchev–Trinajstić information content (AvgIpc) is 2.38. The zero-order chi connectivity index (χ0) is 14.7. The molecule has 1 heterocycles. The number of nitrogens with two attached hydrogens (primary N) is 1. The first-order valence-corrected chi connectivity index (χ1v) is 8.52. The maximum absolute atomic E-state index is 12.2. The van der Waals surface area contributed by atoms with E-state index in [0.29, 0.717) is 23.5 Å². The highest BCUT2D eigenvalue weighted by atomic mass is 79.9. The molecule has 20 heavy (non-hydrogen) atoms. The minimum atomic E-state index is 0.0152. The van der Waals surface area contributed by atoms with Gasteiger partial charge in [0.15, 0.2) is 0 Å². The molecular weight excluding hydrogens is 338 g/mol. The lowest BCUT2D eigenvalue weighted by Crippen LogP contribution is -2.47. The summed E-state index contributed by atoms with van der Waals surface area (Å²) < 4.78 is 0.807. The van der Waals surface area contributed by atoms with Gasteiger partial charge in [0.2, 0.25) is 5.91 Å². The SMILES string of the molecule is CC1SCCN(CC(=O)Nc2ccc(N)cc2Br)C1C. The number of benzene rings is 1. The molecule has 2 unspecified atom stereocenters. The van der Waals surface area contributed by atoms with Gasteiger partial charge in [0, 0.05) is 33.7 Å². The van der Waals surface area contributed by atoms with E-state index in [-0.39, 0.29) is 5.91 Å². The molecule has 0 aromatic heterocycles. The van der Waals surface area contributed by atoms with Crippen molar-refractivity contribution in [1.82, 2.24) is 4.90 Å². The molecule has 110 valence electrons. The first kappa shape index (κ1) is 15.7. The van der Waals surface area contributed by atoms with Gasteiger partial charge in [-0.05, 0) is 41.1 Å². The second kappa shape index (κ2) is 6.83. The number of anilines is 2. The largest absolute Gasteiger partial charge is 0.399 e. The Morgan fingerprint density at radius 1 is 1.55 bits per heavy atom. The van der Waals surface area contributed by atoms with Gasteiger partial charge >= 0.3 is 0 Å². The highest BCUT2D eigenvalue weighted by Crippen LogP contribution is 2.26. The topological polar surface area (TPSA) is 58.4 Å². The molecule has 1 aromatic rings. The summed E-state index contributed by atoms with van der Waals surface area (Å²) in [5.41, 5.74) is 7.12. The van der Waals surface area contributed by atoms with E-state index in [9.17, 15) is 4.79 Å². The van der Waals surface area contributed by atoms with E-state index < -0.39 is 0 Å². The smallest absolute Gasteiger partial charge is 0.238 e. The van der Waals surface area contributed by atoms with Gasteiger partial charge in [0.25, 0.3) is 0 Å². The van der Waals surface area contributed by atoms with Crippen molar-refractivity contribution < 1.29 is 4.79 Å². The average molecular weight is 358 g/mol. The molecule has 0 bridgehead atoms. The van der Waals surface area contributed by atoms with Crippen molar-refractivity contribution in [3.8, 4) is 0 Å². The zero-order valence-corrected chi connectivity index (χ0v) is 14.1. The summed E-state index contributed by atoms with van der Waals surface area (Å²) >= 11 is 5.38. The quantitative estimate of drug-likeness (QED) is 0.816. The third kappa shape index (κ3) is 3.90. The molecule has 2 atom stereocenters. The summed E-state index contributed by atoms with van der Waals surface area (Å²) in [7, 11) is 0. The summed E-state index contributed by atoms with van der Waals surface area (Å²) in [6.07, 6.45) is 0. The molecule has 0 aliphatic carbocycles. The third-order valence-corrected chi connectivity index (χ3v) is 5.62. The van der Waals surface area contributed by atoms with Gasteiger partial charge in [-0.25, -0.2) is 0 Å². The molecule has 1 fully saturated rings. The van der Waals surface area contributed by atoms with E-state index in [1.54, 1.807) is 12.1 Å². The number of thioether (sulfide) groups is 1. The first-order valence-electron chi connectivity index (χ1n) is 6.68. The van der Waals surface area contributed by atoms with Crippen LogP contribution in [-0.4, -0.2) is 40.9 Å². The molecule has 1 aromatic carbocycles. The monoisotopic (exact) mass is 357 g/mol. The lowest BCUT2D eigenvalue weighted by atomic mass is 10.2. The van der Waals surface area contributed by atoms with Gasteiger partial charge in [-0.1, -0.05) is 6.92 Å². The number of nitrogens with one attached hydrogen (secondary N) is 1. The van der Waals surface area contributed by atoms with E-state index >= 15 is 0 Å². The molecule has 0 spiro atoms. The molecule has 1 amide bonds. The van der Waals surface area contributed by atoms with Crippen molar-refractivity contribution in [1.29, 1.82) is 0 Å². The lowest BCUT2D eigenvalue weighted by molar-refractivity contribution is -0.117. The molecule has 0 radical (unpaired) electrons. The highest BCUT2D eigenvalue weighted by molar-refractivity contribution is 9.10. The van der Waals surface area contributed by atoms with Crippen LogP contribution in [0.25, 0.3) is 0 Å². The fourth-order valence-corrected chi connectivity index (χ4v) is 3.88. The molecule has 3 N–H and O–H groups in total. The van der Waals surface area contributed by atoms with Crippen LogP contribution in [0.5, 0.6) is 0 Å². The van der Waals surface area contributed by atoms with Crippen LogP contribution in [0.15, 0.2) is 22.7 Å². The van der Waals surface area contributed by atoms with Crippen LogP contribution in [0, 0.1) is 0 Å². The summed E-state index contributed by atoms with van der Waals surface area (Å²) in [5, 5.41) is 3.50. The normalized spacial score (nSPS) is 23.6. The van der Waals surface area contributed by atoms with Crippen molar-refractivity contribution in [2.24, 2.45) is 0 Å². The second-order valence-corrected chi connectivity index (χ2v) is 7.41. The predicted octanol–water partition coefficient (Wildman–Crippen LogP) is 2.80. The van der Waals surface area contributed by atoms with Gasteiger partial charge in [-0.2, -0.15) is 11.8 Å². The number of carbonyl (C=O) groups is 1. The fraction of sp³-hybridized carbons (Fsp3) is 0.500. The fourth-order valence-electron chi connectivity index (χ4n) is 2.23. The van der Waals surface area contributed by atoms with Gasteiger partial charge < -0.3 is 11.1 Å². The predicted molar refractivity (Wildman–Crippen MR) is 90.1 cm³/mol. The van der Waals surface area contributed by atoms with Crippen LogP contribution in [0.2, 0.25) is 0 Å². The zero-order valence-electron chi connectivity index (χ0n) is 11.7. The van der Waals surface area contributed by atoms with E-state index in [1.807, 2.05) is 17.8 Å². The number of hydrogen-bond donors (Lipinski definition) is 2. The number of carbonyl (C=O) groups excluding carboxylic acids is 1. The van der Waals surface area contributed by atoms with E-state index in [0.717, 1.165) is 22.5 Å². The number of rotatable bonds is 3.